The largest absolute Gasteiger partial charge is 0.280 e. The third-order valence-electron chi connectivity index (χ3n) is 1.80. The molecule has 0 atom stereocenters. The molecule has 1 rings (SSSR count). The first-order valence-electron chi connectivity index (χ1n) is 4.30. The zero-order valence-corrected chi connectivity index (χ0v) is 8.72. The van der Waals surface area contributed by atoms with Gasteiger partial charge >= 0.3 is 0 Å². The van der Waals surface area contributed by atoms with Crippen LogP contribution in [0.25, 0.3) is 0 Å². The Morgan fingerprint density at radius 3 is 2.64 bits per heavy atom. The van der Waals surface area contributed by atoms with Crippen molar-refractivity contribution in [3.8, 4) is 0 Å². The Morgan fingerprint density at radius 1 is 1.50 bits per heavy atom. The lowest BCUT2D eigenvalue weighted by molar-refractivity contribution is 0.146. The van der Waals surface area contributed by atoms with E-state index in [9.17, 15) is 8.78 Å². The first-order valence-corrected chi connectivity index (χ1v) is 4.70. The van der Waals surface area contributed by atoms with Gasteiger partial charge in [0.05, 0.1) is 0 Å². The van der Waals surface area contributed by atoms with Gasteiger partial charge in [-0.15, -0.1) is 0 Å². The SMILES string of the molecule is CCN(S)Cc1ccc(C(F)F)nc1. The van der Waals surface area contributed by atoms with Gasteiger partial charge in [0.1, 0.15) is 5.69 Å². The van der Waals surface area contributed by atoms with E-state index in [1.807, 2.05) is 6.92 Å². The van der Waals surface area contributed by atoms with E-state index in [2.05, 4.69) is 17.8 Å². The Kier molecular flexibility index (Phi) is 4.28. The van der Waals surface area contributed by atoms with Crippen molar-refractivity contribution in [2.75, 3.05) is 6.54 Å². The van der Waals surface area contributed by atoms with Crippen LogP contribution >= 0.6 is 12.8 Å². The second-order valence-electron chi connectivity index (χ2n) is 2.87. The van der Waals surface area contributed by atoms with E-state index in [1.54, 1.807) is 10.4 Å². The number of pyridine rings is 1. The number of aromatic nitrogens is 1. The van der Waals surface area contributed by atoms with Crippen LogP contribution in [-0.4, -0.2) is 15.8 Å². The van der Waals surface area contributed by atoms with E-state index in [0.717, 1.165) is 12.1 Å². The lowest BCUT2D eigenvalue weighted by Gasteiger charge is -2.11. The Morgan fingerprint density at radius 2 is 2.21 bits per heavy atom. The third kappa shape index (κ3) is 3.23. The molecule has 1 aromatic rings. The first kappa shape index (κ1) is 11.4. The highest BCUT2D eigenvalue weighted by Crippen LogP contribution is 2.16. The number of alkyl halides is 2. The van der Waals surface area contributed by atoms with Gasteiger partial charge in [0.15, 0.2) is 0 Å². The van der Waals surface area contributed by atoms with Crippen LogP contribution in [0.5, 0.6) is 0 Å². The second kappa shape index (κ2) is 5.26. The lowest BCUT2D eigenvalue weighted by Crippen LogP contribution is -2.10. The number of hydrogen-bond donors (Lipinski definition) is 1. The summed E-state index contributed by atoms with van der Waals surface area (Å²) in [5, 5.41) is 0. The summed E-state index contributed by atoms with van der Waals surface area (Å²) in [6, 6.07) is 2.99. The number of rotatable bonds is 4. The molecule has 5 heteroatoms. The molecule has 78 valence electrons. The second-order valence-corrected chi connectivity index (χ2v) is 3.44. The lowest BCUT2D eigenvalue weighted by atomic mass is 10.2. The normalized spacial score (nSPS) is 11.3. The number of halogens is 2. The van der Waals surface area contributed by atoms with Gasteiger partial charge < -0.3 is 0 Å². The molecular weight excluding hydrogens is 206 g/mol. The van der Waals surface area contributed by atoms with E-state index in [4.69, 9.17) is 0 Å². The van der Waals surface area contributed by atoms with Gasteiger partial charge in [0.25, 0.3) is 6.43 Å². The predicted octanol–water partition coefficient (Wildman–Crippen LogP) is 2.69. The topological polar surface area (TPSA) is 16.1 Å². The molecule has 0 saturated heterocycles. The standard InChI is InChI=1S/C9H12F2N2S/c1-2-13(14)6-7-3-4-8(9(10)11)12-5-7/h3-5,9,14H,2,6H2,1H3. The average Bonchev–Trinajstić information content (AvgIpc) is 2.18. The van der Waals surface area contributed by atoms with Crippen LogP contribution < -0.4 is 0 Å². The summed E-state index contributed by atoms with van der Waals surface area (Å²) < 4.78 is 26.1. The highest BCUT2D eigenvalue weighted by atomic mass is 32.1. The molecule has 0 unspecified atom stereocenters. The van der Waals surface area contributed by atoms with Crippen LogP contribution in [0.3, 0.4) is 0 Å². The van der Waals surface area contributed by atoms with Crippen molar-refractivity contribution < 1.29 is 8.78 Å². The van der Waals surface area contributed by atoms with Crippen molar-refractivity contribution in [2.24, 2.45) is 0 Å². The van der Waals surface area contributed by atoms with Crippen LogP contribution in [0.15, 0.2) is 18.3 Å². The third-order valence-corrected chi connectivity index (χ3v) is 2.23. The predicted molar refractivity (Wildman–Crippen MR) is 54.3 cm³/mol. The van der Waals surface area contributed by atoms with Crippen molar-refractivity contribution >= 4 is 12.8 Å². The summed E-state index contributed by atoms with van der Waals surface area (Å²) in [6.45, 7) is 3.36. The summed E-state index contributed by atoms with van der Waals surface area (Å²) in [6.07, 6.45) is -1.04. The molecule has 0 bridgehead atoms. The summed E-state index contributed by atoms with van der Waals surface area (Å²) in [4.78, 5) is 3.65. The molecule has 0 aliphatic carbocycles. The van der Waals surface area contributed by atoms with Crippen LogP contribution in [0, 0.1) is 0 Å². The van der Waals surface area contributed by atoms with E-state index in [-0.39, 0.29) is 5.69 Å². The van der Waals surface area contributed by atoms with E-state index < -0.39 is 6.43 Å². The molecule has 0 N–H and O–H groups in total. The van der Waals surface area contributed by atoms with Crippen molar-refractivity contribution in [3.63, 3.8) is 0 Å². The Bertz CT molecular complexity index is 277. The van der Waals surface area contributed by atoms with Crippen molar-refractivity contribution in [1.29, 1.82) is 0 Å². The molecule has 14 heavy (non-hydrogen) atoms. The molecule has 0 fully saturated rings. The Hall–Kier alpha value is -0.680. The molecular formula is C9H12F2N2S. The van der Waals surface area contributed by atoms with Crippen LogP contribution in [0.4, 0.5) is 8.78 Å². The van der Waals surface area contributed by atoms with Gasteiger partial charge in [-0.25, -0.2) is 13.1 Å². The fourth-order valence-corrected chi connectivity index (χ4v) is 1.14. The number of hydrogen-bond acceptors (Lipinski definition) is 3. The minimum atomic E-state index is -2.50. The van der Waals surface area contributed by atoms with Gasteiger partial charge in [-0.2, -0.15) is 0 Å². The smallest absolute Gasteiger partial charge is 0.255 e. The van der Waals surface area contributed by atoms with Crippen LogP contribution in [-0.2, 0) is 6.54 Å². The van der Waals surface area contributed by atoms with E-state index in [0.29, 0.717) is 6.54 Å². The maximum Gasteiger partial charge on any atom is 0.280 e. The number of thiol groups is 1. The van der Waals surface area contributed by atoms with Gasteiger partial charge in [-0.1, -0.05) is 25.8 Å². The summed E-state index contributed by atoms with van der Waals surface area (Å²) in [5.74, 6) is 0. The quantitative estimate of drug-likeness (QED) is 0.782. The molecule has 1 aromatic heterocycles. The molecule has 0 aliphatic heterocycles. The zero-order valence-electron chi connectivity index (χ0n) is 7.82. The molecule has 0 saturated carbocycles. The van der Waals surface area contributed by atoms with Crippen molar-refractivity contribution in [2.45, 2.75) is 19.9 Å². The first-order chi connectivity index (χ1) is 6.63. The maximum atomic E-state index is 12.1. The molecule has 0 aromatic carbocycles. The van der Waals surface area contributed by atoms with Gasteiger partial charge in [0, 0.05) is 19.3 Å². The zero-order chi connectivity index (χ0) is 10.6. The molecule has 2 nitrogen and oxygen atoms in total. The molecule has 0 radical (unpaired) electrons. The number of nitrogens with zero attached hydrogens (tertiary/aromatic N) is 2. The van der Waals surface area contributed by atoms with Gasteiger partial charge in [0.2, 0.25) is 0 Å². The minimum Gasteiger partial charge on any atom is -0.255 e. The minimum absolute atomic E-state index is 0.184. The maximum absolute atomic E-state index is 12.1. The van der Waals surface area contributed by atoms with Crippen molar-refractivity contribution in [3.05, 3.63) is 29.6 Å². The fraction of sp³-hybridized carbons (Fsp3) is 0.444. The summed E-state index contributed by atoms with van der Waals surface area (Å²) in [7, 11) is 0. The van der Waals surface area contributed by atoms with E-state index in [1.165, 1.54) is 12.3 Å². The fourth-order valence-electron chi connectivity index (χ4n) is 0.981. The Balaban J connectivity index is 2.64. The summed E-state index contributed by atoms with van der Waals surface area (Å²) >= 11 is 4.17. The summed E-state index contributed by atoms with van der Waals surface area (Å²) in [5.41, 5.74) is 0.696. The average molecular weight is 218 g/mol. The Labute approximate surface area is 87.5 Å². The monoisotopic (exact) mass is 218 g/mol. The molecule has 0 spiro atoms. The van der Waals surface area contributed by atoms with Gasteiger partial charge in [-0.3, -0.25) is 4.98 Å². The van der Waals surface area contributed by atoms with Crippen molar-refractivity contribution in [1.82, 2.24) is 9.29 Å². The highest BCUT2D eigenvalue weighted by molar-refractivity contribution is 7.77. The van der Waals surface area contributed by atoms with Crippen LogP contribution in [0.1, 0.15) is 24.6 Å². The molecule has 0 aliphatic rings. The molecule has 1 heterocycles. The van der Waals surface area contributed by atoms with Crippen LogP contribution in [0.2, 0.25) is 0 Å². The van der Waals surface area contributed by atoms with E-state index >= 15 is 0 Å². The molecule has 0 amide bonds. The van der Waals surface area contributed by atoms with Gasteiger partial charge in [-0.05, 0) is 11.6 Å². The highest BCUT2D eigenvalue weighted by Gasteiger charge is 2.08.